The van der Waals surface area contributed by atoms with Crippen molar-refractivity contribution >= 4 is 17.9 Å². The van der Waals surface area contributed by atoms with Gasteiger partial charge in [-0.1, -0.05) is 0 Å². The van der Waals surface area contributed by atoms with Crippen molar-refractivity contribution in [2.75, 3.05) is 6.61 Å². The fourth-order valence-electron chi connectivity index (χ4n) is 0.653. The molecule has 15 heavy (non-hydrogen) atoms. The molecule has 3 amide bonds. The van der Waals surface area contributed by atoms with Crippen molar-refractivity contribution in [2.24, 2.45) is 5.73 Å². The molecule has 0 rings (SSSR count). The third-order valence-corrected chi connectivity index (χ3v) is 1.56. The molecule has 0 saturated carbocycles. The number of carboxylic acids is 1. The van der Waals surface area contributed by atoms with Gasteiger partial charge in [-0.25, -0.2) is 9.59 Å². The van der Waals surface area contributed by atoms with Gasteiger partial charge in [0.1, 0.15) is 6.04 Å². The lowest BCUT2D eigenvalue weighted by molar-refractivity contribution is -0.140. The van der Waals surface area contributed by atoms with Crippen molar-refractivity contribution in [3.63, 3.8) is 0 Å². The minimum Gasteiger partial charge on any atom is -0.480 e. The molecule has 0 spiro atoms. The summed E-state index contributed by atoms with van der Waals surface area (Å²) >= 11 is 0. The third-order valence-electron chi connectivity index (χ3n) is 1.56. The summed E-state index contributed by atoms with van der Waals surface area (Å²) in [7, 11) is 0. The summed E-state index contributed by atoms with van der Waals surface area (Å²) in [6.45, 7) is 0.602. The van der Waals surface area contributed by atoms with Crippen LogP contribution in [0, 0.1) is 0 Å². The molecule has 0 saturated heterocycles. The van der Waals surface area contributed by atoms with Crippen LogP contribution in [-0.2, 0) is 9.59 Å². The predicted molar refractivity (Wildman–Crippen MR) is 48.8 cm³/mol. The number of carbonyl (C=O) groups excluding carboxylic acids is 2. The van der Waals surface area contributed by atoms with Gasteiger partial charge < -0.3 is 26.6 Å². The topological polar surface area (TPSA) is 142 Å². The van der Waals surface area contributed by atoms with E-state index in [1.807, 2.05) is 5.32 Å². The number of carbonyl (C=O) groups is 3. The van der Waals surface area contributed by atoms with Gasteiger partial charge in [-0.2, -0.15) is 0 Å². The monoisotopic (exact) mass is 219 g/mol. The highest BCUT2D eigenvalue weighted by Crippen LogP contribution is 1.84. The Morgan fingerprint density at radius 2 is 1.87 bits per heavy atom. The molecule has 8 heteroatoms. The smallest absolute Gasteiger partial charge is 0.328 e. The molecule has 0 radical (unpaired) electrons. The van der Waals surface area contributed by atoms with Crippen molar-refractivity contribution in [2.45, 2.75) is 19.0 Å². The van der Waals surface area contributed by atoms with Gasteiger partial charge >= 0.3 is 12.0 Å². The highest BCUT2D eigenvalue weighted by molar-refractivity contribution is 5.87. The van der Waals surface area contributed by atoms with Crippen molar-refractivity contribution in [3.8, 4) is 0 Å². The highest BCUT2D eigenvalue weighted by atomic mass is 16.4. The Labute approximate surface area is 85.4 Å². The lowest BCUT2D eigenvalue weighted by Crippen LogP contribution is -2.52. The standard InChI is InChI=1S/C7H13N3O5/c1-3(5(8)12)9-7(15)10-4(2-11)6(13)14/h3-4,11H,2H2,1H3,(H2,8,12)(H,13,14)(H2,9,10,15)/t3?,4-/m0/s1. The van der Waals surface area contributed by atoms with E-state index >= 15 is 0 Å². The molecule has 86 valence electrons. The largest absolute Gasteiger partial charge is 0.480 e. The summed E-state index contributed by atoms with van der Waals surface area (Å²) in [5.41, 5.74) is 4.86. The molecular formula is C7H13N3O5. The first kappa shape index (κ1) is 13.2. The number of nitrogens with one attached hydrogen (secondary N) is 2. The van der Waals surface area contributed by atoms with Crippen LogP contribution in [0.15, 0.2) is 0 Å². The first-order valence-corrected chi connectivity index (χ1v) is 4.08. The Kier molecular flexibility index (Phi) is 5.10. The van der Waals surface area contributed by atoms with E-state index in [0.717, 1.165) is 0 Å². The van der Waals surface area contributed by atoms with Crippen molar-refractivity contribution < 1.29 is 24.6 Å². The lowest BCUT2D eigenvalue weighted by atomic mass is 10.3. The van der Waals surface area contributed by atoms with E-state index in [4.69, 9.17) is 15.9 Å². The van der Waals surface area contributed by atoms with Gasteiger partial charge in [-0.3, -0.25) is 4.79 Å². The third kappa shape index (κ3) is 4.81. The van der Waals surface area contributed by atoms with E-state index in [1.54, 1.807) is 0 Å². The van der Waals surface area contributed by atoms with E-state index in [1.165, 1.54) is 6.92 Å². The van der Waals surface area contributed by atoms with E-state index < -0.39 is 36.6 Å². The predicted octanol–water partition coefficient (Wildman–Crippen LogP) is -2.40. The number of hydrogen-bond acceptors (Lipinski definition) is 4. The molecule has 0 aromatic rings. The van der Waals surface area contributed by atoms with Crippen LogP contribution in [0.2, 0.25) is 0 Å². The zero-order valence-electron chi connectivity index (χ0n) is 8.06. The van der Waals surface area contributed by atoms with Crippen LogP contribution in [0.25, 0.3) is 0 Å². The lowest BCUT2D eigenvalue weighted by Gasteiger charge is -2.14. The number of rotatable bonds is 5. The molecule has 0 fully saturated rings. The number of carboxylic acid groups (broad SMARTS) is 1. The van der Waals surface area contributed by atoms with Crippen molar-refractivity contribution in [3.05, 3.63) is 0 Å². The van der Waals surface area contributed by atoms with Crippen LogP contribution in [0.1, 0.15) is 6.92 Å². The Hall–Kier alpha value is -1.83. The number of primary amides is 1. The summed E-state index contributed by atoms with van der Waals surface area (Å²) in [6, 6.07) is -3.22. The Morgan fingerprint density at radius 1 is 1.33 bits per heavy atom. The molecular weight excluding hydrogens is 206 g/mol. The normalized spacial score (nSPS) is 13.7. The van der Waals surface area contributed by atoms with Crippen LogP contribution in [0.3, 0.4) is 0 Å². The Bertz CT molecular complexity index is 267. The molecule has 8 nitrogen and oxygen atoms in total. The molecule has 0 aromatic carbocycles. The molecule has 0 bridgehead atoms. The maximum atomic E-state index is 11.0. The number of aliphatic hydroxyl groups is 1. The maximum absolute atomic E-state index is 11.0. The number of urea groups is 1. The first-order valence-electron chi connectivity index (χ1n) is 4.08. The molecule has 2 atom stereocenters. The molecule has 6 N–H and O–H groups in total. The summed E-state index contributed by atoms with van der Waals surface area (Å²) in [6.07, 6.45) is 0. The van der Waals surface area contributed by atoms with E-state index in [9.17, 15) is 14.4 Å². The summed E-state index contributed by atoms with van der Waals surface area (Å²) in [4.78, 5) is 32.0. The van der Waals surface area contributed by atoms with Crippen LogP contribution in [0.4, 0.5) is 4.79 Å². The summed E-state index contributed by atoms with van der Waals surface area (Å²) < 4.78 is 0. The zero-order chi connectivity index (χ0) is 12.0. The Morgan fingerprint density at radius 3 is 2.20 bits per heavy atom. The zero-order valence-corrected chi connectivity index (χ0v) is 8.06. The van der Waals surface area contributed by atoms with Crippen molar-refractivity contribution in [1.29, 1.82) is 0 Å². The number of aliphatic hydroxyl groups excluding tert-OH is 1. The molecule has 0 aliphatic heterocycles. The fourth-order valence-corrected chi connectivity index (χ4v) is 0.653. The average molecular weight is 219 g/mol. The average Bonchev–Trinajstić information content (AvgIpc) is 2.13. The second kappa shape index (κ2) is 5.81. The summed E-state index contributed by atoms with van der Waals surface area (Å²) in [5, 5.41) is 21.1. The van der Waals surface area contributed by atoms with Gasteiger partial charge in [-0.15, -0.1) is 0 Å². The fraction of sp³-hybridized carbons (Fsp3) is 0.571. The minimum absolute atomic E-state index is 0.742. The van der Waals surface area contributed by atoms with E-state index in [0.29, 0.717) is 0 Å². The van der Waals surface area contributed by atoms with Gasteiger partial charge in [0.05, 0.1) is 6.61 Å². The first-order chi connectivity index (χ1) is 6.88. The molecule has 0 heterocycles. The highest BCUT2D eigenvalue weighted by Gasteiger charge is 2.20. The van der Waals surface area contributed by atoms with Crippen LogP contribution < -0.4 is 16.4 Å². The second-order valence-electron chi connectivity index (χ2n) is 2.82. The number of aliphatic carboxylic acids is 1. The van der Waals surface area contributed by atoms with Crippen LogP contribution in [0.5, 0.6) is 0 Å². The quantitative estimate of drug-likeness (QED) is 0.350. The minimum atomic E-state index is -1.41. The number of hydrogen-bond donors (Lipinski definition) is 5. The Balaban J connectivity index is 4.13. The van der Waals surface area contributed by atoms with Gasteiger partial charge in [0, 0.05) is 0 Å². The summed E-state index contributed by atoms with van der Waals surface area (Å²) in [5.74, 6) is -2.12. The van der Waals surface area contributed by atoms with Crippen LogP contribution in [-0.4, -0.2) is 46.8 Å². The molecule has 0 aromatic heterocycles. The van der Waals surface area contributed by atoms with Crippen LogP contribution >= 0.6 is 0 Å². The van der Waals surface area contributed by atoms with Crippen molar-refractivity contribution in [1.82, 2.24) is 10.6 Å². The molecule has 1 unspecified atom stereocenters. The van der Waals surface area contributed by atoms with Gasteiger partial charge in [0.25, 0.3) is 0 Å². The molecule has 0 aliphatic rings. The van der Waals surface area contributed by atoms with Gasteiger partial charge in [0.15, 0.2) is 6.04 Å². The van der Waals surface area contributed by atoms with Gasteiger partial charge in [-0.05, 0) is 6.92 Å². The number of amides is 3. The van der Waals surface area contributed by atoms with E-state index in [-0.39, 0.29) is 0 Å². The van der Waals surface area contributed by atoms with Gasteiger partial charge in [0.2, 0.25) is 5.91 Å². The maximum Gasteiger partial charge on any atom is 0.328 e. The second-order valence-corrected chi connectivity index (χ2v) is 2.82. The number of nitrogens with two attached hydrogens (primary N) is 1. The van der Waals surface area contributed by atoms with E-state index in [2.05, 4.69) is 5.32 Å². The molecule has 0 aliphatic carbocycles. The SMILES string of the molecule is CC(NC(=O)N[C@@H](CO)C(=O)O)C(N)=O.